The van der Waals surface area contributed by atoms with Crippen LogP contribution in [-0.2, 0) is 18.6 Å². The van der Waals surface area contributed by atoms with E-state index in [0.29, 0.717) is 26.0 Å². The van der Waals surface area contributed by atoms with E-state index in [2.05, 4.69) is 17.1 Å². The molecule has 0 saturated carbocycles. The van der Waals surface area contributed by atoms with Crippen molar-refractivity contribution in [2.75, 3.05) is 45.6 Å². The van der Waals surface area contributed by atoms with Gasteiger partial charge in [-0.15, -0.1) is 0 Å². The second-order valence-corrected chi connectivity index (χ2v) is 6.12. The first-order valence-electron chi connectivity index (χ1n) is 7.63. The minimum Gasteiger partial charge on any atom is -0.348 e. The van der Waals surface area contributed by atoms with E-state index in [1.54, 1.807) is 0 Å². The predicted octanol–water partition coefficient (Wildman–Crippen LogP) is 1.79. The molecular formula is C14H29N2O4P. The minimum absolute atomic E-state index is 0.0745. The van der Waals surface area contributed by atoms with Crippen molar-refractivity contribution >= 4 is 20.6 Å². The van der Waals surface area contributed by atoms with Gasteiger partial charge >= 0.3 is 0 Å². The Morgan fingerprint density at radius 2 is 1.86 bits per heavy atom. The number of nitrogens with zero attached hydrogens (tertiary/aromatic N) is 1. The summed E-state index contributed by atoms with van der Waals surface area (Å²) < 4.78 is 11.2. The molecule has 1 amide bonds. The average Bonchev–Trinajstić information content (AvgIpc) is 2.48. The highest BCUT2D eigenvalue weighted by atomic mass is 31.2. The Hall–Kier alpha value is -0.550. The summed E-state index contributed by atoms with van der Waals surface area (Å²) in [4.78, 5) is 24.1. The van der Waals surface area contributed by atoms with E-state index in [4.69, 9.17) is 9.05 Å². The van der Waals surface area contributed by atoms with Gasteiger partial charge in [-0.05, 0) is 26.8 Å². The Morgan fingerprint density at radius 1 is 1.19 bits per heavy atom. The first kappa shape index (κ1) is 20.5. The first-order chi connectivity index (χ1) is 10.2. The number of nitrogens with one attached hydrogen (secondary N) is 1. The van der Waals surface area contributed by atoms with Crippen LogP contribution >= 0.6 is 8.38 Å². The lowest BCUT2D eigenvalue weighted by molar-refractivity contribution is -0.123. The molecule has 1 N–H and O–H groups in total. The molecule has 0 aromatic heterocycles. The largest absolute Gasteiger partial charge is 0.348 e. The van der Waals surface area contributed by atoms with Gasteiger partial charge in [0.2, 0.25) is 5.91 Å². The van der Waals surface area contributed by atoms with Crippen molar-refractivity contribution in [2.45, 2.75) is 33.6 Å². The molecule has 21 heavy (non-hydrogen) atoms. The van der Waals surface area contributed by atoms with Gasteiger partial charge in [0.15, 0.2) is 8.38 Å². The highest BCUT2D eigenvalue weighted by molar-refractivity contribution is 7.47. The quantitative estimate of drug-likeness (QED) is 0.390. The molecule has 0 aliphatic heterocycles. The van der Waals surface area contributed by atoms with Crippen molar-refractivity contribution in [3.63, 3.8) is 0 Å². The third-order valence-corrected chi connectivity index (χ3v) is 4.38. The van der Waals surface area contributed by atoms with Crippen LogP contribution in [0.25, 0.3) is 0 Å². The van der Waals surface area contributed by atoms with E-state index in [1.165, 1.54) is 0 Å². The third kappa shape index (κ3) is 11.8. The van der Waals surface area contributed by atoms with Crippen LogP contribution in [0.5, 0.6) is 0 Å². The fraction of sp³-hybridized carbons (Fsp3) is 0.857. The molecular weight excluding hydrogens is 291 g/mol. The summed E-state index contributed by atoms with van der Waals surface area (Å²) in [6.45, 7) is 9.33. The monoisotopic (exact) mass is 320 g/mol. The summed E-state index contributed by atoms with van der Waals surface area (Å²) in [6.07, 6.45) is 3.61. The first-order valence-corrected chi connectivity index (χ1v) is 9.00. The Balaban J connectivity index is 4.25. The maximum atomic E-state index is 11.7. The van der Waals surface area contributed by atoms with Gasteiger partial charge in [0.05, 0.1) is 26.3 Å². The summed E-state index contributed by atoms with van der Waals surface area (Å²) >= 11 is 0. The molecule has 0 fully saturated rings. The fourth-order valence-electron chi connectivity index (χ4n) is 1.74. The lowest BCUT2D eigenvalue weighted by atomic mass is 10.3. The van der Waals surface area contributed by atoms with Crippen LogP contribution in [-0.4, -0.2) is 62.6 Å². The Morgan fingerprint density at radius 3 is 2.38 bits per heavy atom. The fourth-order valence-corrected chi connectivity index (χ4v) is 3.10. The Kier molecular flexibility index (Phi) is 14.0. The number of amides is 1. The van der Waals surface area contributed by atoms with Crippen LogP contribution in [0.1, 0.15) is 33.6 Å². The molecule has 0 saturated heterocycles. The predicted molar refractivity (Wildman–Crippen MR) is 85.5 cm³/mol. The van der Waals surface area contributed by atoms with Crippen LogP contribution in [0.3, 0.4) is 0 Å². The highest BCUT2D eigenvalue weighted by Crippen LogP contribution is 2.37. The maximum Gasteiger partial charge on any atom is 0.234 e. The summed E-state index contributed by atoms with van der Waals surface area (Å²) in [5.74, 6) is -0.115. The molecule has 0 rings (SSSR count). The molecule has 0 heterocycles. The van der Waals surface area contributed by atoms with Gasteiger partial charge in [0.25, 0.3) is 0 Å². The zero-order valence-electron chi connectivity index (χ0n) is 13.5. The number of hydrogen-bond donors (Lipinski definition) is 1. The summed E-state index contributed by atoms with van der Waals surface area (Å²) in [5, 5.41) is 2.57. The number of rotatable bonds is 14. The summed E-state index contributed by atoms with van der Waals surface area (Å²) in [6, 6.07) is 0. The SMILES string of the molecule is CCCCN(CCP(OCC)OCC)CC(=O)NCC=O. The Labute approximate surface area is 129 Å². The lowest BCUT2D eigenvalue weighted by Crippen LogP contribution is -2.39. The van der Waals surface area contributed by atoms with E-state index in [9.17, 15) is 9.59 Å². The molecule has 124 valence electrons. The zero-order valence-corrected chi connectivity index (χ0v) is 14.4. The number of carbonyl (C=O) groups excluding carboxylic acids is 2. The van der Waals surface area contributed by atoms with Crippen molar-refractivity contribution in [3.05, 3.63) is 0 Å². The second-order valence-electron chi connectivity index (χ2n) is 4.49. The number of hydrogen-bond acceptors (Lipinski definition) is 5. The van der Waals surface area contributed by atoms with Crippen LogP contribution < -0.4 is 5.32 Å². The van der Waals surface area contributed by atoms with Gasteiger partial charge in [0, 0.05) is 12.7 Å². The molecule has 0 unspecified atom stereocenters. The van der Waals surface area contributed by atoms with Gasteiger partial charge < -0.3 is 19.2 Å². The maximum absolute atomic E-state index is 11.7. The number of carbonyl (C=O) groups is 2. The van der Waals surface area contributed by atoms with E-state index < -0.39 is 8.38 Å². The zero-order chi connectivity index (χ0) is 15.9. The summed E-state index contributed by atoms with van der Waals surface area (Å²) in [7, 11) is -0.874. The summed E-state index contributed by atoms with van der Waals surface area (Å²) in [5.41, 5.74) is 0. The molecule has 0 aromatic carbocycles. The average molecular weight is 320 g/mol. The molecule has 0 radical (unpaired) electrons. The molecule has 0 aliphatic carbocycles. The van der Waals surface area contributed by atoms with Crippen LogP contribution in [0.15, 0.2) is 0 Å². The highest BCUT2D eigenvalue weighted by Gasteiger charge is 2.14. The Bertz CT molecular complexity index is 274. The number of unbranched alkanes of at least 4 members (excludes halogenated alkanes) is 1. The normalized spacial score (nSPS) is 11.1. The van der Waals surface area contributed by atoms with Crippen molar-refractivity contribution in [1.29, 1.82) is 0 Å². The van der Waals surface area contributed by atoms with Crippen LogP contribution in [0, 0.1) is 0 Å². The van der Waals surface area contributed by atoms with Crippen molar-refractivity contribution in [3.8, 4) is 0 Å². The second kappa shape index (κ2) is 14.4. The topological polar surface area (TPSA) is 67.9 Å². The standard InChI is InChI=1S/C14H29N2O4P/c1-4-7-9-16(13-14(18)15-8-11-17)10-12-21(19-5-2)20-6-3/h11H,4-10,12-13H2,1-3H3,(H,15,18). The van der Waals surface area contributed by atoms with Gasteiger partial charge in [-0.25, -0.2) is 0 Å². The van der Waals surface area contributed by atoms with E-state index in [1.807, 2.05) is 13.8 Å². The molecule has 6 nitrogen and oxygen atoms in total. The molecule has 0 aliphatic rings. The van der Waals surface area contributed by atoms with Gasteiger partial charge in [0.1, 0.15) is 6.29 Å². The molecule has 7 heteroatoms. The van der Waals surface area contributed by atoms with Crippen molar-refractivity contribution < 1.29 is 18.6 Å². The van der Waals surface area contributed by atoms with Gasteiger partial charge in [-0.2, -0.15) is 0 Å². The minimum atomic E-state index is -0.874. The van der Waals surface area contributed by atoms with Crippen LogP contribution in [0.4, 0.5) is 0 Å². The molecule has 0 spiro atoms. The van der Waals surface area contributed by atoms with Crippen molar-refractivity contribution in [1.82, 2.24) is 10.2 Å². The molecule has 0 bridgehead atoms. The van der Waals surface area contributed by atoms with Gasteiger partial charge in [-0.1, -0.05) is 13.3 Å². The lowest BCUT2D eigenvalue weighted by Gasteiger charge is -2.24. The van der Waals surface area contributed by atoms with Gasteiger partial charge in [-0.3, -0.25) is 9.69 Å². The smallest absolute Gasteiger partial charge is 0.234 e. The third-order valence-electron chi connectivity index (χ3n) is 2.72. The van der Waals surface area contributed by atoms with E-state index in [-0.39, 0.29) is 12.5 Å². The van der Waals surface area contributed by atoms with E-state index in [0.717, 1.165) is 32.1 Å². The van der Waals surface area contributed by atoms with Crippen molar-refractivity contribution in [2.24, 2.45) is 0 Å². The number of aldehydes is 1. The van der Waals surface area contributed by atoms with Crippen LogP contribution in [0.2, 0.25) is 0 Å². The molecule has 0 aromatic rings. The molecule has 0 atom stereocenters. The van der Waals surface area contributed by atoms with E-state index >= 15 is 0 Å².